The fourth-order valence-corrected chi connectivity index (χ4v) is 9.37. The lowest BCUT2D eigenvalue weighted by Gasteiger charge is -2.47. The van der Waals surface area contributed by atoms with E-state index in [0.717, 1.165) is 11.1 Å². The predicted octanol–water partition coefficient (Wildman–Crippen LogP) is 6.48. The lowest BCUT2D eigenvalue weighted by molar-refractivity contribution is -0.302. The molecule has 0 spiro atoms. The highest BCUT2D eigenvalue weighted by molar-refractivity contribution is 6.39. The third kappa shape index (κ3) is 10.9. The number of fused-ring (bicyclic) bond motifs is 3. The van der Waals surface area contributed by atoms with Crippen molar-refractivity contribution in [2.75, 3.05) is 27.9 Å². The van der Waals surface area contributed by atoms with Crippen molar-refractivity contribution >= 4 is 23.4 Å². The third-order valence-electron chi connectivity index (χ3n) is 12.7. The van der Waals surface area contributed by atoms with E-state index in [2.05, 4.69) is 13.0 Å². The van der Waals surface area contributed by atoms with Gasteiger partial charge in [-0.2, -0.15) is 0 Å². The molecule has 3 fully saturated rings. The molecule has 4 aliphatic rings. The first-order chi connectivity index (χ1) is 26.1. The van der Waals surface area contributed by atoms with Crippen LogP contribution in [-0.4, -0.2) is 110 Å². The number of cyclic esters (lactones) is 1. The number of methoxy groups -OCH3 is 3. The maximum Gasteiger partial charge on any atom is 0.329 e. The van der Waals surface area contributed by atoms with Crippen LogP contribution in [-0.2, 0) is 42.9 Å². The Hall–Kier alpha value is -2.51. The van der Waals surface area contributed by atoms with Crippen LogP contribution in [0, 0.1) is 29.6 Å². The van der Waals surface area contributed by atoms with Gasteiger partial charge in [0.15, 0.2) is 0 Å². The minimum absolute atomic E-state index is 0.0115. The van der Waals surface area contributed by atoms with E-state index in [1.165, 1.54) is 12.0 Å². The Morgan fingerprint density at radius 3 is 2.29 bits per heavy atom. The highest BCUT2D eigenvalue weighted by atomic mass is 19.1. The van der Waals surface area contributed by atoms with Crippen LogP contribution in [0.25, 0.3) is 0 Å². The summed E-state index contributed by atoms with van der Waals surface area (Å²) in [4.78, 5) is 57.5. The van der Waals surface area contributed by atoms with Crippen molar-refractivity contribution in [2.45, 2.75) is 167 Å². The van der Waals surface area contributed by atoms with Crippen LogP contribution in [0.3, 0.4) is 0 Å². The van der Waals surface area contributed by atoms with Crippen LogP contribution in [0.4, 0.5) is 4.39 Å². The molecule has 2 saturated heterocycles. The molecule has 0 radical (unpaired) electrons. The van der Waals surface area contributed by atoms with Gasteiger partial charge in [0, 0.05) is 46.1 Å². The largest absolute Gasteiger partial charge is 0.456 e. The van der Waals surface area contributed by atoms with Gasteiger partial charge in [-0.1, -0.05) is 45.4 Å². The van der Waals surface area contributed by atoms with Gasteiger partial charge in [0.25, 0.3) is 11.7 Å². The lowest BCUT2D eigenvalue weighted by atomic mass is 9.82. The molecule has 13 atom stereocenters. The molecule has 312 valence electrons. The molecule has 1 aliphatic carbocycles. The van der Waals surface area contributed by atoms with E-state index in [9.17, 15) is 28.7 Å². The number of allylic oxidation sites excluding steroid dienone is 3. The van der Waals surface area contributed by atoms with Crippen LogP contribution >= 0.6 is 0 Å². The Balaban J connectivity index is 1.73. The standard InChI is InChI=1S/C43H68FNO10/c1-10-31-20-25(2)19-26(3)21-36(52-8)39-37(53-9)23-29(6)43(50,55-39)40(47)41(48)45-18-12-11-13-33(45)42(49)54-38(27(4)14-17-34(31)46)28(5)22-30-15-16-32(44)35(24-30)51-7/h20,22,26-27,29-33,35-39,50H,10-19,21,23-24H2,1-9H3/b25-20+,28-22?. The fourth-order valence-electron chi connectivity index (χ4n) is 9.37. The summed E-state index contributed by atoms with van der Waals surface area (Å²) in [6.45, 7) is 11.7. The first kappa shape index (κ1) is 45.2. The van der Waals surface area contributed by atoms with Gasteiger partial charge in [-0.3, -0.25) is 14.4 Å². The Labute approximate surface area is 328 Å². The normalized spacial score (nSPS) is 40.7. The van der Waals surface area contributed by atoms with Crippen LogP contribution in [0.5, 0.6) is 0 Å². The average Bonchev–Trinajstić information content (AvgIpc) is 3.17. The van der Waals surface area contributed by atoms with Crippen LogP contribution in [0.1, 0.15) is 119 Å². The molecule has 1 saturated carbocycles. The molecule has 2 bridgehead atoms. The molecule has 55 heavy (non-hydrogen) atoms. The Morgan fingerprint density at radius 2 is 1.64 bits per heavy atom. The summed E-state index contributed by atoms with van der Waals surface area (Å²) in [7, 11) is 4.61. The molecule has 0 aromatic heterocycles. The van der Waals surface area contributed by atoms with E-state index < -0.39 is 72.1 Å². The number of halogens is 1. The summed E-state index contributed by atoms with van der Waals surface area (Å²) >= 11 is 0. The van der Waals surface area contributed by atoms with Gasteiger partial charge in [-0.15, -0.1) is 0 Å². The molecule has 1 N–H and O–H groups in total. The molecule has 13 unspecified atom stereocenters. The number of aliphatic hydroxyl groups is 1. The summed E-state index contributed by atoms with van der Waals surface area (Å²) in [5.41, 5.74) is 1.86. The number of ether oxygens (including phenoxy) is 5. The Bertz CT molecular complexity index is 1400. The number of hydrogen-bond donors (Lipinski definition) is 1. The van der Waals surface area contributed by atoms with Gasteiger partial charge >= 0.3 is 5.97 Å². The highest BCUT2D eigenvalue weighted by Gasteiger charge is 2.56. The average molecular weight is 778 g/mol. The summed E-state index contributed by atoms with van der Waals surface area (Å²) in [6, 6.07) is -1.06. The fraction of sp³-hybridized carbons (Fsp3) is 0.814. The quantitative estimate of drug-likeness (QED) is 0.181. The van der Waals surface area contributed by atoms with Gasteiger partial charge in [0.2, 0.25) is 5.79 Å². The number of hydrogen-bond acceptors (Lipinski definition) is 10. The lowest BCUT2D eigenvalue weighted by Crippen LogP contribution is -2.64. The highest BCUT2D eigenvalue weighted by Crippen LogP contribution is 2.39. The van der Waals surface area contributed by atoms with Crippen molar-refractivity contribution in [2.24, 2.45) is 29.6 Å². The molecule has 0 aromatic carbocycles. The zero-order chi connectivity index (χ0) is 40.6. The molecule has 4 rings (SSSR count). The molecule has 0 aromatic rings. The van der Waals surface area contributed by atoms with Crippen LogP contribution in [0.2, 0.25) is 0 Å². The van der Waals surface area contributed by atoms with E-state index in [4.69, 9.17) is 23.7 Å². The number of Topliss-reactive ketones (excluding diaryl/α,β-unsaturated/α-hetero) is 2. The van der Waals surface area contributed by atoms with Crippen molar-refractivity contribution in [3.05, 3.63) is 23.3 Å². The molecule has 3 aliphatic heterocycles. The zero-order valence-electron chi connectivity index (χ0n) is 34.7. The Morgan fingerprint density at radius 1 is 0.964 bits per heavy atom. The number of piperidine rings is 1. The number of ketones is 2. The van der Waals surface area contributed by atoms with E-state index in [-0.39, 0.29) is 48.8 Å². The summed E-state index contributed by atoms with van der Waals surface area (Å²) in [5, 5.41) is 12.0. The summed E-state index contributed by atoms with van der Waals surface area (Å²) in [5.74, 6) is -6.37. The van der Waals surface area contributed by atoms with Crippen LogP contribution < -0.4 is 0 Å². The van der Waals surface area contributed by atoms with E-state index in [1.807, 2.05) is 33.8 Å². The SMILES string of the molecule is CCC1/C=C(\C)CC(C)CC(OC)C2OC(O)(C(=O)C(=O)N3CCCCC3C(=O)OC(C(C)=CC3CCC(F)C(OC)C3)C(C)CCC1=O)C(C)CC2OC. The third-order valence-corrected chi connectivity index (χ3v) is 12.7. The summed E-state index contributed by atoms with van der Waals surface area (Å²) in [6.07, 6.45) is 5.69. The number of nitrogens with zero attached hydrogens (tertiary/aromatic N) is 1. The van der Waals surface area contributed by atoms with Crippen molar-refractivity contribution in [1.29, 1.82) is 0 Å². The topological polar surface area (TPSA) is 138 Å². The first-order valence-corrected chi connectivity index (χ1v) is 20.6. The number of carbonyl (C=O) groups is 4. The zero-order valence-corrected chi connectivity index (χ0v) is 34.7. The number of esters is 1. The molecule has 3 heterocycles. The second kappa shape index (κ2) is 20.3. The Kier molecular flexibility index (Phi) is 16.6. The number of rotatable bonds is 6. The molecular formula is C43H68FNO10. The smallest absolute Gasteiger partial charge is 0.329 e. The monoisotopic (exact) mass is 777 g/mol. The van der Waals surface area contributed by atoms with Gasteiger partial charge in [0.1, 0.15) is 30.2 Å². The van der Waals surface area contributed by atoms with Crippen molar-refractivity contribution in [1.82, 2.24) is 4.90 Å². The minimum Gasteiger partial charge on any atom is -0.456 e. The van der Waals surface area contributed by atoms with Crippen LogP contribution in [0.15, 0.2) is 23.3 Å². The minimum atomic E-state index is -2.47. The molecule has 11 nitrogen and oxygen atoms in total. The van der Waals surface area contributed by atoms with Gasteiger partial charge in [0.05, 0.1) is 18.3 Å². The number of carbonyl (C=O) groups excluding carboxylic acids is 4. The predicted molar refractivity (Wildman–Crippen MR) is 206 cm³/mol. The molecule has 12 heteroatoms. The first-order valence-electron chi connectivity index (χ1n) is 20.6. The number of alkyl halides is 1. The summed E-state index contributed by atoms with van der Waals surface area (Å²) < 4.78 is 44.2. The van der Waals surface area contributed by atoms with Gasteiger partial charge in [-0.25, -0.2) is 9.18 Å². The van der Waals surface area contributed by atoms with Gasteiger partial charge in [-0.05, 0) is 108 Å². The maximum atomic E-state index is 14.5. The van der Waals surface area contributed by atoms with E-state index in [1.54, 1.807) is 21.1 Å². The maximum absolute atomic E-state index is 14.5. The van der Waals surface area contributed by atoms with Gasteiger partial charge < -0.3 is 33.7 Å². The van der Waals surface area contributed by atoms with Crippen molar-refractivity contribution < 1.29 is 52.4 Å². The molecule has 1 amide bonds. The molecular weight excluding hydrogens is 709 g/mol. The van der Waals surface area contributed by atoms with E-state index >= 15 is 0 Å². The number of amides is 1. The second-order valence-electron chi connectivity index (χ2n) is 17.0. The van der Waals surface area contributed by atoms with Crippen molar-refractivity contribution in [3.63, 3.8) is 0 Å². The van der Waals surface area contributed by atoms with E-state index in [0.29, 0.717) is 64.2 Å². The van der Waals surface area contributed by atoms with Crippen molar-refractivity contribution in [3.8, 4) is 0 Å². The second-order valence-corrected chi connectivity index (χ2v) is 17.0.